The number of aromatic amines is 1. The molecule has 0 radical (unpaired) electrons. The first-order valence-corrected chi connectivity index (χ1v) is 10.7. The maximum absolute atomic E-state index is 12.8. The molecule has 4 rings (SSSR count). The van der Waals surface area contributed by atoms with Gasteiger partial charge >= 0.3 is 0 Å². The van der Waals surface area contributed by atoms with Crippen molar-refractivity contribution in [1.29, 1.82) is 0 Å². The number of H-pyrrole nitrogens is 1. The number of nitrogens with one attached hydrogen (secondary N) is 2. The number of aromatic nitrogens is 2. The number of anilines is 1. The Bertz CT molecular complexity index is 1340. The van der Waals surface area contributed by atoms with Crippen molar-refractivity contribution in [1.82, 2.24) is 14.9 Å². The first kappa shape index (κ1) is 22.1. The Kier molecular flexibility index (Phi) is 6.13. The standard InChI is InChI=1S/C26H26N4O3/c1-5-24(31)29-22-11-10-16(12-20(22)26(32)30(2)3)17-13-19-21(15-28-25(19)27-14-17)18-8-6-7-9-23(18)33-4/h6-15H,5H2,1-4H3,(H,27,28)(H,29,31). The molecule has 0 aliphatic rings. The molecule has 4 aromatic rings. The van der Waals surface area contributed by atoms with E-state index in [0.717, 1.165) is 39.0 Å². The van der Waals surface area contributed by atoms with Gasteiger partial charge < -0.3 is 19.9 Å². The number of hydrogen-bond acceptors (Lipinski definition) is 4. The number of nitrogens with zero attached hydrogens (tertiary/aromatic N) is 2. The molecule has 7 nitrogen and oxygen atoms in total. The van der Waals surface area contributed by atoms with Crippen molar-refractivity contribution in [3.05, 3.63) is 66.5 Å². The number of hydrogen-bond donors (Lipinski definition) is 2. The number of rotatable bonds is 6. The lowest BCUT2D eigenvalue weighted by Gasteiger charge is -2.16. The van der Waals surface area contributed by atoms with Gasteiger partial charge in [0.15, 0.2) is 0 Å². The lowest BCUT2D eigenvalue weighted by atomic mass is 9.99. The minimum absolute atomic E-state index is 0.146. The molecule has 0 spiro atoms. The summed E-state index contributed by atoms with van der Waals surface area (Å²) >= 11 is 0. The highest BCUT2D eigenvalue weighted by molar-refractivity contribution is 6.05. The van der Waals surface area contributed by atoms with Gasteiger partial charge in [0.2, 0.25) is 5.91 Å². The maximum Gasteiger partial charge on any atom is 0.255 e. The van der Waals surface area contributed by atoms with Gasteiger partial charge in [-0.25, -0.2) is 4.98 Å². The number of benzene rings is 2. The van der Waals surface area contributed by atoms with Gasteiger partial charge in [-0.3, -0.25) is 9.59 Å². The number of ether oxygens (including phenoxy) is 1. The van der Waals surface area contributed by atoms with Crippen molar-refractivity contribution >= 4 is 28.5 Å². The van der Waals surface area contributed by atoms with Crippen LogP contribution >= 0.6 is 0 Å². The van der Waals surface area contributed by atoms with E-state index in [1.54, 1.807) is 46.5 Å². The summed E-state index contributed by atoms with van der Waals surface area (Å²) in [6.07, 6.45) is 4.02. The minimum atomic E-state index is -0.186. The van der Waals surface area contributed by atoms with Crippen molar-refractivity contribution in [2.24, 2.45) is 0 Å². The van der Waals surface area contributed by atoms with Gasteiger partial charge in [0.1, 0.15) is 11.4 Å². The molecule has 0 fully saturated rings. The fraction of sp³-hybridized carbons (Fsp3) is 0.192. The SMILES string of the molecule is CCC(=O)Nc1ccc(-c2cnc3[nH]cc(-c4ccccc4OC)c3c2)cc1C(=O)N(C)C. The molecular weight excluding hydrogens is 416 g/mol. The molecule has 7 heteroatoms. The van der Waals surface area contributed by atoms with Crippen molar-refractivity contribution in [3.63, 3.8) is 0 Å². The molecule has 0 atom stereocenters. The lowest BCUT2D eigenvalue weighted by Crippen LogP contribution is -2.24. The Balaban J connectivity index is 1.82. The predicted molar refractivity (Wildman–Crippen MR) is 130 cm³/mol. The van der Waals surface area contributed by atoms with E-state index in [1.165, 1.54) is 4.90 Å². The van der Waals surface area contributed by atoms with Gasteiger partial charge in [0, 0.05) is 55.0 Å². The van der Waals surface area contributed by atoms with Gasteiger partial charge in [0.25, 0.3) is 5.91 Å². The van der Waals surface area contributed by atoms with Crippen LogP contribution in [0.1, 0.15) is 23.7 Å². The number of amides is 2. The third-order valence-corrected chi connectivity index (χ3v) is 5.51. The van der Waals surface area contributed by atoms with Crippen LogP contribution < -0.4 is 10.1 Å². The van der Waals surface area contributed by atoms with Crippen molar-refractivity contribution in [2.45, 2.75) is 13.3 Å². The molecule has 2 heterocycles. The van der Waals surface area contributed by atoms with E-state index in [4.69, 9.17) is 4.74 Å². The highest BCUT2D eigenvalue weighted by Gasteiger charge is 2.17. The molecule has 0 bridgehead atoms. The molecule has 33 heavy (non-hydrogen) atoms. The van der Waals surface area contributed by atoms with E-state index < -0.39 is 0 Å². The van der Waals surface area contributed by atoms with Crippen molar-refractivity contribution < 1.29 is 14.3 Å². The number of carbonyl (C=O) groups excluding carboxylic acids is 2. The summed E-state index contributed by atoms with van der Waals surface area (Å²) in [6.45, 7) is 1.77. The Morgan fingerprint density at radius 2 is 1.85 bits per heavy atom. The quantitative estimate of drug-likeness (QED) is 0.442. The average Bonchev–Trinajstić information content (AvgIpc) is 3.26. The smallest absolute Gasteiger partial charge is 0.255 e. The Morgan fingerprint density at radius 1 is 1.06 bits per heavy atom. The van der Waals surface area contributed by atoms with Gasteiger partial charge in [-0.2, -0.15) is 0 Å². The second-order valence-electron chi connectivity index (χ2n) is 7.88. The molecule has 2 aromatic heterocycles. The molecule has 0 saturated heterocycles. The molecular formula is C26H26N4O3. The Hall–Kier alpha value is -4.13. The maximum atomic E-state index is 12.8. The number of methoxy groups -OCH3 is 1. The third kappa shape index (κ3) is 4.30. The minimum Gasteiger partial charge on any atom is -0.496 e. The highest BCUT2D eigenvalue weighted by atomic mass is 16.5. The van der Waals surface area contributed by atoms with Crippen LogP contribution in [-0.4, -0.2) is 47.9 Å². The van der Waals surface area contributed by atoms with E-state index in [0.29, 0.717) is 17.7 Å². The van der Waals surface area contributed by atoms with Crippen molar-refractivity contribution in [2.75, 3.05) is 26.5 Å². The van der Waals surface area contributed by atoms with Gasteiger partial charge in [-0.15, -0.1) is 0 Å². The van der Waals surface area contributed by atoms with E-state index in [1.807, 2.05) is 42.6 Å². The fourth-order valence-electron chi connectivity index (χ4n) is 3.74. The Labute approximate surface area is 192 Å². The van der Waals surface area contributed by atoms with Gasteiger partial charge in [0.05, 0.1) is 18.4 Å². The summed E-state index contributed by atoms with van der Waals surface area (Å²) in [4.78, 5) is 34.1. The van der Waals surface area contributed by atoms with E-state index >= 15 is 0 Å². The Morgan fingerprint density at radius 3 is 2.58 bits per heavy atom. The van der Waals surface area contributed by atoms with Crippen LogP contribution in [0.5, 0.6) is 5.75 Å². The monoisotopic (exact) mass is 442 g/mol. The number of carbonyl (C=O) groups is 2. The average molecular weight is 443 g/mol. The molecule has 0 unspecified atom stereocenters. The highest BCUT2D eigenvalue weighted by Crippen LogP contribution is 2.36. The van der Waals surface area contributed by atoms with Crippen molar-refractivity contribution in [3.8, 4) is 28.0 Å². The van der Waals surface area contributed by atoms with Crippen LogP contribution in [0, 0.1) is 0 Å². The zero-order valence-electron chi connectivity index (χ0n) is 19.1. The topological polar surface area (TPSA) is 87.3 Å². The molecule has 0 aliphatic heterocycles. The summed E-state index contributed by atoms with van der Waals surface area (Å²) in [7, 11) is 5.03. The summed E-state index contributed by atoms with van der Waals surface area (Å²) in [5.41, 5.74) is 5.32. The van der Waals surface area contributed by atoms with Crippen LogP contribution in [0.25, 0.3) is 33.3 Å². The van der Waals surface area contributed by atoms with Crippen LogP contribution in [-0.2, 0) is 4.79 Å². The normalized spacial score (nSPS) is 10.8. The third-order valence-electron chi connectivity index (χ3n) is 5.51. The summed E-state index contributed by atoms with van der Waals surface area (Å²) < 4.78 is 5.54. The first-order valence-electron chi connectivity index (χ1n) is 10.7. The molecule has 2 N–H and O–H groups in total. The molecule has 0 aliphatic carbocycles. The summed E-state index contributed by atoms with van der Waals surface area (Å²) in [5.74, 6) is 0.444. The lowest BCUT2D eigenvalue weighted by molar-refractivity contribution is -0.115. The molecule has 0 saturated carbocycles. The molecule has 2 aromatic carbocycles. The van der Waals surface area contributed by atoms with E-state index in [-0.39, 0.29) is 11.8 Å². The second kappa shape index (κ2) is 9.16. The summed E-state index contributed by atoms with van der Waals surface area (Å²) in [6, 6.07) is 15.3. The van der Waals surface area contributed by atoms with E-state index in [2.05, 4.69) is 15.3 Å². The van der Waals surface area contributed by atoms with Crippen LogP contribution in [0.2, 0.25) is 0 Å². The van der Waals surface area contributed by atoms with Gasteiger partial charge in [-0.05, 0) is 29.8 Å². The summed E-state index contributed by atoms with van der Waals surface area (Å²) in [5, 5.41) is 3.77. The molecule has 168 valence electrons. The van der Waals surface area contributed by atoms with Crippen LogP contribution in [0.4, 0.5) is 5.69 Å². The fourth-order valence-corrected chi connectivity index (χ4v) is 3.74. The molecule has 2 amide bonds. The number of para-hydroxylation sites is 1. The van der Waals surface area contributed by atoms with Crippen LogP contribution in [0.3, 0.4) is 0 Å². The van der Waals surface area contributed by atoms with E-state index in [9.17, 15) is 9.59 Å². The second-order valence-corrected chi connectivity index (χ2v) is 7.88. The predicted octanol–water partition coefficient (Wildman–Crippen LogP) is 4.96. The van der Waals surface area contributed by atoms with Gasteiger partial charge in [-0.1, -0.05) is 31.2 Å². The van der Waals surface area contributed by atoms with Crippen LogP contribution in [0.15, 0.2) is 60.9 Å². The number of pyridine rings is 1. The first-order chi connectivity index (χ1) is 15.9. The zero-order valence-corrected chi connectivity index (χ0v) is 19.1. The largest absolute Gasteiger partial charge is 0.496 e. The zero-order chi connectivity index (χ0) is 23.5. The number of fused-ring (bicyclic) bond motifs is 1.